The maximum atomic E-state index is 12.2. The van der Waals surface area contributed by atoms with Crippen molar-refractivity contribution < 1.29 is 8.42 Å². The Bertz CT molecular complexity index is 677. The van der Waals surface area contributed by atoms with Crippen LogP contribution in [0, 0.1) is 6.92 Å². The van der Waals surface area contributed by atoms with Crippen LogP contribution >= 0.6 is 15.9 Å². The second-order valence-corrected chi connectivity index (χ2v) is 6.79. The van der Waals surface area contributed by atoms with Crippen molar-refractivity contribution in [3.05, 3.63) is 52.5 Å². The van der Waals surface area contributed by atoms with Crippen molar-refractivity contribution >= 4 is 37.3 Å². The second kappa shape index (κ2) is 5.22. The average molecular weight is 341 g/mol. The number of anilines is 2. The summed E-state index contributed by atoms with van der Waals surface area (Å²) in [5, 5.41) is 0. The van der Waals surface area contributed by atoms with E-state index in [0.717, 1.165) is 10.0 Å². The third-order valence-electron chi connectivity index (χ3n) is 2.48. The molecule has 0 bridgehead atoms. The summed E-state index contributed by atoms with van der Waals surface area (Å²) in [4.78, 5) is 0.160. The zero-order valence-electron chi connectivity index (χ0n) is 10.2. The van der Waals surface area contributed by atoms with Crippen LogP contribution in [0.1, 0.15) is 5.56 Å². The number of hydrogen-bond donors (Lipinski definition) is 2. The molecule has 0 unspecified atom stereocenters. The van der Waals surface area contributed by atoms with Crippen molar-refractivity contribution in [2.45, 2.75) is 11.8 Å². The Labute approximate surface area is 120 Å². The summed E-state index contributed by atoms with van der Waals surface area (Å²) in [5.74, 6) is 0. The fourth-order valence-electron chi connectivity index (χ4n) is 1.66. The van der Waals surface area contributed by atoms with E-state index < -0.39 is 10.0 Å². The van der Waals surface area contributed by atoms with E-state index in [1.165, 1.54) is 6.07 Å². The number of aryl methyl sites for hydroxylation is 1. The highest BCUT2D eigenvalue weighted by atomic mass is 79.9. The van der Waals surface area contributed by atoms with Gasteiger partial charge in [-0.3, -0.25) is 4.72 Å². The highest BCUT2D eigenvalue weighted by molar-refractivity contribution is 9.10. The van der Waals surface area contributed by atoms with Crippen LogP contribution in [-0.2, 0) is 10.0 Å². The maximum absolute atomic E-state index is 12.2. The summed E-state index contributed by atoms with van der Waals surface area (Å²) in [7, 11) is -3.62. The number of sulfonamides is 1. The molecule has 0 fully saturated rings. The normalized spacial score (nSPS) is 11.3. The minimum absolute atomic E-state index is 0.160. The van der Waals surface area contributed by atoms with Crippen molar-refractivity contribution in [1.82, 2.24) is 0 Å². The summed E-state index contributed by atoms with van der Waals surface area (Å²) >= 11 is 3.30. The maximum Gasteiger partial charge on any atom is 0.261 e. The van der Waals surface area contributed by atoms with E-state index in [4.69, 9.17) is 5.73 Å². The summed E-state index contributed by atoms with van der Waals surface area (Å²) in [5.41, 5.74) is 7.40. The molecule has 0 aliphatic rings. The van der Waals surface area contributed by atoms with Gasteiger partial charge in [0.05, 0.1) is 4.90 Å². The fraction of sp³-hybridized carbons (Fsp3) is 0.0769. The van der Waals surface area contributed by atoms with Crippen LogP contribution in [-0.4, -0.2) is 8.42 Å². The molecule has 0 saturated heterocycles. The topological polar surface area (TPSA) is 72.2 Å². The van der Waals surface area contributed by atoms with Gasteiger partial charge in [-0.25, -0.2) is 8.42 Å². The predicted molar refractivity (Wildman–Crippen MR) is 80.5 cm³/mol. The lowest BCUT2D eigenvalue weighted by atomic mass is 10.2. The highest BCUT2D eigenvalue weighted by Crippen LogP contribution is 2.21. The van der Waals surface area contributed by atoms with Crippen LogP contribution in [0.3, 0.4) is 0 Å². The van der Waals surface area contributed by atoms with Crippen molar-refractivity contribution in [3.8, 4) is 0 Å². The van der Waals surface area contributed by atoms with Gasteiger partial charge >= 0.3 is 0 Å². The minimum Gasteiger partial charge on any atom is -0.399 e. The minimum atomic E-state index is -3.62. The predicted octanol–water partition coefficient (Wildman–Crippen LogP) is 3.14. The van der Waals surface area contributed by atoms with E-state index in [-0.39, 0.29) is 4.90 Å². The molecule has 2 rings (SSSR count). The van der Waals surface area contributed by atoms with Crippen LogP contribution in [0.2, 0.25) is 0 Å². The molecule has 6 heteroatoms. The Morgan fingerprint density at radius 3 is 2.32 bits per heavy atom. The molecule has 0 amide bonds. The van der Waals surface area contributed by atoms with Gasteiger partial charge in [-0.15, -0.1) is 0 Å². The van der Waals surface area contributed by atoms with Crippen molar-refractivity contribution in [2.75, 3.05) is 10.5 Å². The van der Waals surface area contributed by atoms with E-state index in [9.17, 15) is 8.42 Å². The molecule has 0 aliphatic carbocycles. The summed E-state index contributed by atoms with van der Waals surface area (Å²) in [6.45, 7) is 1.80. The van der Waals surface area contributed by atoms with E-state index in [0.29, 0.717) is 11.4 Å². The molecular weight excluding hydrogens is 328 g/mol. The first-order chi connectivity index (χ1) is 8.87. The summed E-state index contributed by atoms with van der Waals surface area (Å²) in [6.07, 6.45) is 0. The largest absolute Gasteiger partial charge is 0.399 e. The monoisotopic (exact) mass is 340 g/mol. The van der Waals surface area contributed by atoms with Crippen molar-refractivity contribution in [1.29, 1.82) is 0 Å². The zero-order valence-corrected chi connectivity index (χ0v) is 12.6. The number of benzene rings is 2. The first-order valence-corrected chi connectivity index (χ1v) is 7.80. The molecule has 0 saturated carbocycles. The molecule has 0 heterocycles. The first kappa shape index (κ1) is 13.9. The summed E-state index contributed by atoms with van der Waals surface area (Å²) < 4.78 is 27.8. The smallest absolute Gasteiger partial charge is 0.261 e. The van der Waals surface area contributed by atoms with E-state index in [1.807, 2.05) is 0 Å². The van der Waals surface area contributed by atoms with Gasteiger partial charge in [0.25, 0.3) is 10.0 Å². The molecule has 0 aromatic heterocycles. The van der Waals surface area contributed by atoms with E-state index in [1.54, 1.807) is 43.3 Å². The summed E-state index contributed by atoms with van der Waals surface area (Å²) in [6, 6.07) is 11.6. The number of nitrogens with one attached hydrogen (secondary N) is 1. The quantitative estimate of drug-likeness (QED) is 0.843. The molecular formula is C13H13BrN2O2S. The van der Waals surface area contributed by atoms with Gasteiger partial charge in [0.2, 0.25) is 0 Å². The average Bonchev–Trinajstić information content (AvgIpc) is 2.31. The lowest BCUT2D eigenvalue weighted by Gasteiger charge is -2.09. The standard InChI is InChI=1S/C13H13BrN2O2S/c1-9-6-11(15)8-13(7-9)19(17,18)16-12-4-2-10(14)3-5-12/h2-8,16H,15H2,1H3. The fourth-order valence-corrected chi connectivity index (χ4v) is 3.12. The van der Waals surface area contributed by atoms with Gasteiger partial charge in [-0.1, -0.05) is 15.9 Å². The van der Waals surface area contributed by atoms with Gasteiger partial charge < -0.3 is 5.73 Å². The highest BCUT2D eigenvalue weighted by Gasteiger charge is 2.15. The Morgan fingerprint density at radius 1 is 1.11 bits per heavy atom. The second-order valence-electron chi connectivity index (χ2n) is 4.19. The molecule has 0 aliphatic heterocycles. The molecule has 0 radical (unpaired) electrons. The number of nitrogen functional groups attached to an aromatic ring is 1. The van der Waals surface area contributed by atoms with Crippen LogP contribution < -0.4 is 10.5 Å². The third-order valence-corrected chi connectivity index (χ3v) is 4.37. The van der Waals surface area contributed by atoms with Crippen LogP contribution in [0.15, 0.2) is 51.8 Å². The Morgan fingerprint density at radius 2 is 1.74 bits per heavy atom. The number of hydrogen-bond acceptors (Lipinski definition) is 3. The van der Waals surface area contributed by atoms with E-state index in [2.05, 4.69) is 20.7 Å². The molecule has 4 nitrogen and oxygen atoms in total. The van der Waals surface area contributed by atoms with Crippen molar-refractivity contribution in [2.24, 2.45) is 0 Å². The van der Waals surface area contributed by atoms with Crippen molar-refractivity contribution in [3.63, 3.8) is 0 Å². The van der Waals surface area contributed by atoms with Gasteiger partial charge in [-0.05, 0) is 55.0 Å². The van der Waals surface area contributed by atoms with Crippen LogP contribution in [0.4, 0.5) is 11.4 Å². The molecule has 100 valence electrons. The number of rotatable bonds is 3. The molecule has 0 atom stereocenters. The molecule has 0 spiro atoms. The van der Waals surface area contributed by atoms with Gasteiger partial charge in [0.15, 0.2) is 0 Å². The van der Waals surface area contributed by atoms with E-state index >= 15 is 0 Å². The number of halogens is 1. The molecule has 2 aromatic carbocycles. The van der Waals surface area contributed by atoms with Crippen LogP contribution in [0.25, 0.3) is 0 Å². The Kier molecular flexibility index (Phi) is 3.82. The lowest BCUT2D eigenvalue weighted by molar-refractivity contribution is 0.601. The SMILES string of the molecule is Cc1cc(N)cc(S(=O)(=O)Nc2ccc(Br)cc2)c1. The Balaban J connectivity index is 2.34. The third kappa shape index (κ3) is 3.48. The zero-order chi connectivity index (χ0) is 14.0. The van der Waals surface area contributed by atoms with Gasteiger partial charge in [0, 0.05) is 15.8 Å². The Hall–Kier alpha value is -1.53. The first-order valence-electron chi connectivity index (χ1n) is 5.52. The molecule has 2 aromatic rings. The molecule has 19 heavy (non-hydrogen) atoms. The van der Waals surface area contributed by atoms with Gasteiger partial charge in [0.1, 0.15) is 0 Å². The lowest BCUT2D eigenvalue weighted by Crippen LogP contribution is -2.13. The number of nitrogens with two attached hydrogens (primary N) is 1. The van der Waals surface area contributed by atoms with Gasteiger partial charge in [-0.2, -0.15) is 0 Å². The van der Waals surface area contributed by atoms with Crippen LogP contribution in [0.5, 0.6) is 0 Å². The molecule has 3 N–H and O–H groups in total.